The van der Waals surface area contributed by atoms with E-state index in [-0.39, 0.29) is 66.1 Å². The van der Waals surface area contributed by atoms with Crippen LogP contribution in [0.4, 0.5) is 114 Å². The summed E-state index contributed by atoms with van der Waals surface area (Å²) in [4.78, 5) is 0. The van der Waals surface area contributed by atoms with Gasteiger partial charge in [0.25, 0.3) is 0 Å². The van der Waals surface area contributed by atoms with Crippen molar-refractivity contribution in [1.29, 1.82) is 0 Å². The highest BCUT2D eigenvalue weighted by Gasteiger charge is 2.92. The van der Waals surface area contributed by atoms with Gasteiger partial charge in [0.2, 0.25) is 0 Å². The quantitative estimate of drug-likeness (QED) is 0.0475. The average Bonchev–Trinajstić information content (AvgIpc) is 3.20. The van der Waals surface area contributed by atoms with Gasteiger partial charge in [0.15, 0.2) is 0 Å². The van der Waals surface area contributed by atoms with Crippen LogP contribution in [-0.4, -0.2) is 205 Å². The van der Waals surface area contributed by atoms with Crippen LogP contribution in [0.1, 0.15) is 12.8 Å². The molecule has 0 saturated carbocycles. The van der Waals surface area contributed by atoms with Crippen molar-refractivity contribution < 1.29 is 161 Å². The van der Waals surface area contributed by atoms with Gasteiger partial charge in [0.1, 0.15) is 0 Å². The lowest BCUT2D eigenvalue weighted by Gasteiger charge is -2.39. The summed E-state index contributed by atoms with van der Waals surface area (Å²) in [5, 5.41) is 19.5. The minimum absolute atomic E-state index is 0.00139. The average molecular weight is 1140 g/mol. The first-order valence-electron chi connectivity index (χ1n) is 18.7. The number of hydrogen-bond donors (Lipinski definition) is 2. The van der Waals surface area contributed by atoms with E-state index in [1.807, 2.05) is 0 Å². The minimum atomic E-state index is -8.07. The highest BCUT2D eigenvalue weighted by molar-refractivity contribution is 7.85. The third-order valence-corrected chi connectivity index (χ3v) is 11.4. The number of hydrogen-bond acceptors (Lipinski definition) is 10. The molecule has 0 aliphatic carbocycles. The van der Waals surface area contributed by atoms with Crippen LogP contribution in [0.15, 0.2) is 0 Å². The summed E-state index contributed by atoms with van der Waals surface area (Å²) in [6.45, 7) is -2.62. The number of ether oxygens (including phenoxy) is 6. The lowest BCUT2D eigenvalue weighted by Crippen LogP contribution is -2.70. The van der Waals surface area contributed by atoms with E-state index in [0.717, 1.165) is 0 Å². The Morgan fingerprint density at radius 1 is 0.314 bits per heavy atom. The molecule has 0 aromatic carbocycles. The molecule has 0 bridgehead atoms. The van der Waals surface area contributed by atoms with Gasteiger partial charge in [-0.2, -0.15) is 114 Å². The summed E-state index contributed by atoms with van der Waals surface area (Å²) in [7, 11) is -5.63. The second-order valence-corrected chi connectivity index (χ2v) is 17.3. The van der Waals surface area contributed by atoms with Crippen molar-refractivity contribution in [3.63, 3.8) is 0 Å². The molecule has 70 heavy (non-hydrogen) atoms. The number of rotatable bonds is 37. The summed E-state index contributed by atoms with van der Waals surface area (Å²) in [6.07, 6.45) is -24.1. The fraction of sp³-hybridized carbons (Fsp3) is 1.00. The molecule has 38 heteroatoms. The Morgan fingerprint density at radius 2 is 0.514 bits per heavy atom. The monoisotopic (exact) mass is 1140 g/mol. The second-order valence-electron chi connectivity index (χ2n) is 14.0. The number of halogens is 26. The van der Waals surface area contributed by atoms with Crippen molar-refractivity contribution in [3.05, 3.63) is 0 Å². The molecule has 0 amide bonds. The normalized spacial score (nSPS) is 16.7. The predicted octanol–water partition coefficient (Wildman–Crippen LogP) is 7.56. The minimum Gasteiger partial charge on any atom is -0.390 e. The van der Waals surface area contributed by atoms with Gasteiger partial charge in [0, 0.05) is 45.9 Å². The summed E-state index contributed by atoms with van der Waals surface area (Å²) in [5.41, 5.74) is 0. The van der Waals surface area contributed by atoms with Crippen LogP contribution in [0, 0.1) is 0 Å². The summed E-state index contributed by atoms with van der Waals surface area (Å²) >= 11 is 0. The van der Waals surface area contributed by atoms with Crippen molar-refractivity contribution in [3.8, 4) is 0 Å². The molecular formula is C32H40F26O10S2. The zero-order valence-electron chi connectivity index (χ0n) is 34.7. The summed E-state index contributed by atoms with van der Waals surface area (Å²) < 4.78 is 397. The molecule has 0 aromatic rings. The van der Waals surface area contributed by atoms with Gasteiger partial charge in [0.05, 0.1) is 103 Å². The van der Waals surface area contributed by atoms with E-state index >= 15 is 0 Å². The number of alkyl halides is 26. The Balaban J connectivity index is 4.22. The summed E-state index contributed by atoms with van der Waals surface area (Å²) in [5.74, 6) is -81.5. The van der Waals surface area contributed by atoms with Gasteiger partial charge in [-0.1, -0.05) is 0 Å². The standard InChI is InChI=1S/C32H40F26O10S2/c33-21(34,23(37,38)25(41,42)27(45,46)29(49,50)31(53,54)55)1-13-69(61)17-19(59)15-67-11-9-65-7-5-63-3-4-64-6-8-66-10-12-68-16-20(60)18-70(62)14-2-22(35,36)24(39,40)26(43,44)28(47,48)30(51,52)32(56,57)58/h19-20,59-60H,1-18H2. The van der Waals surface area contributed by atoms with Gasteiger partial charge in [-0.25, -0.2) is 0 Å². The van der Waals surface area contributed by atoms with Gasteiger partial charge < -0.3 is 38.6 Å². The van der Waals surface area contributed by atoms with Crippen molar-refractivity contribution in [2.45, 2.75) is 96.6 Å². The largest absolute Gasteiger partial charge is 0.460 e. The van der Waals surface area contributed by atoms with Crippen molar-refractivity contribution in [2.24, 2.45) is 0 Å². The molecule has 0 aromatic heterocycles. The van der Waals surface area contributed by atoms with E-state index in [4.69, 9.17) is 28.4 Å². The molecular weight excluding hydrogens is 1100 g/mol. The Kier molecular flexibility index (Phi) is 25.4. The smallest absolute Gasteiger partial charge is 0.390 e. The lowest BCUT2D eigenvalue weighted by molar-refractivity contribution is -0.439. The van der Waals surface area contributed by atoms with Crippen molar-refractivity contribution >= 4 is 21.6 Å². The Hall–Kier alpha value is -1.84. The van der Waals surface area contributed by atoms with E-state index < -0.39 is 154 Å². The highest BCUT2D eigenvalue weighted by Crippen LogP contribution is 2.62. The zero-order valence-corrected chi connectivity index (χ0v) is 36.3. The Bertz CT molecular complexity index is 1490. The van der Waals surface area contributed by atoms with Crippen molar-refractivity contribution in [2.75, 3.05) is 102 Å². The maximum absolute atomic E-state index is 13.9. The SMILES string of the molecule is O=S(CCC(F)(F)C(F)(F)C(F)(F)C(F)(F)C(F)(F)C(F)(F)F)CC(O)COCCOCCOCCOCCOCCOCC(O)CS(=O)CCC(F)(F)C(F)(F)C(F)(F)C(F)(F)C(F)(F)C(F)(F)F. The van der Waals surface area contributed by atoms with Crippen LogP contribution in [0.5, 0.6) is 0 Å². The number of aliphatic hydroxyl groups excluding tert-OH is 2. The van der Waals surface area contributed by atoms with E-state index in [1.54, 1.807) is 0 Å². The maximum atomic E-state index is 13.9. The molecule has 0 saturated heterocycles. The third-order valence-electron chi connectivity index (χ3n) is 8.52. The topological polar surface area (TPSA) is 130 Å². The van der Waals surface area contributed by atoms with E-state index in [0.29, 0.717) is 0 Å². The molecule has 422 valence electrons. The molecule has 2 N–H and O–H groups in total. The van der Waals surface area contributed by atoms with Crippen LogP contribution >= 0.6 is 0 Å². The molecule has 0 fully saturated rings. The molecule has 4 atom stereocenters. The summed E-state index contributed by atoms with van der Waals surface area (Å²) in [6, 6.07) is 0. The van der Waals surface area contributed by atoms with E-state index in [9.17, 15) is 133 Å². The van der Waals surface area contributed by atoms with Gasteiger partial charge in [-0.05, 0) is 0 Å². The molecule has 0 spiro atoms. The maximum Gasteiger partial charge on any atom is 0.460 e. The molecule has 0 radical (unpaired) electrons. The van der Waals surface area contributed by atoms with Crippen LogP contribution < -0.4 is 0 Å². The van der Waals surface area contributed by atoms with Gasteiger partial charge >= 0.3 is 71.6 Å². The van der Waals surface area contributed by atoms with E-state index in [1.165, 1.54) is 0 Å². The second kappa shape index (κ2) is 26.1. The van der Waals surface area contributed by atoms with Crippen LogP contribution in [0.2, 0.25) is 0 Å². The first-order valence-corrected chi connectivity index (χ1v) is 21.7. The molecule has 0 heterocycles. The predicted molar refractivity (Wildman–Crippen MR) is 183 cm³/mol. The zero-order chi connectivity index (χ0) is 55.3. The highest BCUT2D eigenvalue weighted by atomic mass is 32.2. The third kappa shape index (κ3) is 16.8. The van der Waals surface area contributed by atoms with Crippen LogP contribution in [0.3, 0.4) is 0 Å². The lowest BCUT2D eigenvalue weighted by atomic mass is 9.93. The number of aliphatic hydroxyl groups is 2. The molecule has 10 nitrogen and oxygen atoms in total. The van der Waals surface area contributed by atoms with Crippen molar-refractivity contribution in [1.82, 2.24) is 0 Å². The molecule has 0 aliphatic heterocycles. The molecule has 0 rings (SSSR count). The fourth-order valence-electron chi connectivity index (χ4n) is 4.53. The van der Waals surface area contributed by atoms with Crippen LogP contribution in [-0.2, 0) is 50.0 Å². The first kappa shape index (κ1) is 68.2. The molecule has 0 aliphatic rings. The first-order chi connectivity index (χ1) is 31.3. The van der Waals surface area contributed by atoms with Crippen LogP contribution in [0.25, 0.3) is 0 Å². The fourth-order valence-corrected chi connectivity index (χ4v) is 6.88. The molecule has 4 unspecified atom stereocenters. The Morgan fingerprint density at radius 3 is 0.729 bits per heavy atom. The van der Waals surface area contributed by atoms with Gasteiger partial charge in [-0.3, -0.25) is 8.42 Å². The Labute approximate surface area is 381 Å². The van der Waals surface area contributed by atoms with Gasteiger partial charge in [-0.15, -0.1) is 0 Å². The van der Waals surface area contributed by atoms with E-state index in [2.05, 4.69) is 0 Å².